The highest BCUT2D eigenvalue weighted by molar-refractivity contribution is 6.72. The zero-order chi connectivity index (χ0) is 30.4. The largest absolute Gasteiger partial charge is 0.396 e. The summed E-state index contributed by atoms with van der Waals surface area (Å²) in [5.41, 5.74) is 3.00. The maximum atomic E-state index is 15.9. The molecule has 2 aromatic carbocycles. The van der Waals surface area contributed by atoms with Crippen LogP contribution < -0.4 is 10.5 Å². The number of aliphatic hydroxyl groups excluding tert-OH is 1. The standard InChI is InChI=1S/C33H42FN3O4Si/c1-21(2)10-9-11-22(3)16-18-36-28-15-14-24(37-31(39)25-12-7-8-13-27(25)35-37)20-26(28)33(32(36)40)23(4)30(42(5,6)34)29(41-33)17-19-38/h7-8,10,12-16,20,23,29-30,35,38H,9,11,17-19H2,1-6H3/b22-16+/t23-,29+,30-,33+/m1/s1. The van der Waals surface area contributed by atoms with E-state index in [0.717, 1.165) is 12.8 Å². The van der Waals surface area contributed by atoms with Gasteiger partial charge >= 0.3 is 0 Å². The zero-order valence-electron chi connectivity index (χ0n) is 25.4. The molecule has 4 atom stereocenters. The van der Waals surface area contributed by atoms with E-state index in [1.54, 1.807) is 24.1 Å². The minimum absolute atomic E-state index is 0.155. The van der Waals surface area contributed by atoms with Gasteiger partial charge in [-0.2, -0.15) is 0 Å². The molecule has 1 spiro atoms. The van der Waals surface area contributed by atoms with Gasteiger partial charge in [0.05, 0.1) is 28.4 Å². The van der Waals surface area contributed by atoms with Gasteiger partial charge in [-0.05, 0) is 83.5 Å². The average Bonchev–Trinajstić information content (AvgIpc) is 3.50. The normalized spacial score (nSPS) is 24.2. The summed E-state index contributed by atoms with van der Waals surface area (Å²) in [6, 6.07) is 12.8. The monoisotopic (exact) mass is 591 g/mol. The Morgan fingerprint density at radius 3 is 2.55 bits per heavy atom. The highest BCUT2D eigenvalue weighted by Crippen LogP contribution is 2.60. The van der Waals surface area contributed by atoms with E-state index in [-0.39, 0.29) is 24.5 Å². The first-order chi connectivity index (χ1) is 19.9. The summed E-state index contributed by atoms with van der Waals surface area (Å²) < 4.78 is 24.0. The number of aromatic nitrogens is 2. The van der Waals surface area contributed by atoms with E-state index in [9.17, 15) is 14.7 Å². The van der Waals surface area contributed by atoms with Crippen LogP contribution in [0, 0.1) is 5.92 Å². The van der Waals surface area contributed by atoms with Crippen molar-refractivity contribution in [3.63, 3.8) is 0 Å². The van der Waals surface area contributed by atoms with Crippen molar-refractivity contribution >= 4 is 30.9 Å². The van der Waals surface area contributed by atoms with Crippen molar-refractivity contribution in [1.82, 2.24) is 9.78 Å². The number of rotatable bonds is 9. The van der Waals surface area contributed by atoms with Crippen molar-refractivity contribution in [2.45, 2.75) is 77.3 Å². The van der Waals surface area contributed by atoms with Gasteiger partial charge in [0.25, 0.3) is 11.5 Å². The maximum Gasteiger partial charge on any atom is 0.279 e. The number of nitrogens with one attached hydrogen (secondary N) is 1. The number of carbonyl (C=O) groups excluding carboxylic acids is 1. The number of fused-ring (bicyclic) bond motifs is 3. The molecule has 0 aliphatic carbocycles. The van der Waals surface area contributed by atoms with E-state index in [1.165, 1.54) is 15.8 Å². The fraction of sp³-hybridized carbons (Fsp3) is 0.455. The zero-order valence-corrected chi connectivity index (χ0v) is 26.4. The molecule has 0 saturated carbocycles. The Hall–Kier alpha value is -3.27. The van der Waals surface area contributed by atoms with E-state index >= 15 is 4.11 Å². The number of para-hydroxylation sites is 1. The Morgan fingerprint density at radius 1 is 1.14 bits per heavy atom. The smallest absolute Gasteiger partial charge is 0.279 e. The van der Waals surface area contributed by atoms with Crippen molar-refractivity contribution in [2.75, 3.05) is 18.1 Å². The topological polar surface area (TPSA) is 87.6 Å². The first-order valence-electron chi connectivity index (χ1n) is 14.8. The number of nitrogens with zero attached hydrogens (tertiary/aromatic N) is 2. The summed E-state index contributed by atoms with van der Waals surface area (Å²) in [6.07, 6.45) is 5.77. The second-order valence-electron chi connectivity index (χ2n) is 12.6. The molecule has 1 aromatic heterocycles. The van der Waals surface area contributed by atoms with Crippen molar-refractivity contribution in [3.8, 4) is 5.69 Å². The molecular weight excluding hydrogens is 549 g/mol. The molecular formula is C33H42FN3O4Si. The fourth-order valence-corrected chi connectivity index (χ4v) is 9.47. The number of amides is 1. The number of ether oxygens (including phenoxy) is 1. The summed E-state index contributed by atoms with van der Waals surface area (Å²) in [7, 11) is -3.31. The predicted molar refractivity (Wildman–Crippen MR) is 168 cm³/mol. The number of allylic oxidation sites excluding steroid dienone is 3. The fourth-order valence-electron chi connectivity index (χ4n) is 6.93. The quantitative estimate of drug-likeness (QED) is 0.169. The van der Waals surface area contributed by atoms with Gasteiger partial charge in [-0.15, -0.1) is 0 Å². The van der Waals surface area contributed by atoms with Gasteiger partial charge in [0.15, 0.2) is 5.60 Å². The van der Waals surface area contributed by atoms with Crippen molar-refractivity contribution < 1.29 is 18.7 Å². The van der Waals surface area contributed by atoms with Gasteiger partial charge in [0.2, 0.25) is 8.41 Å². The lowest BCUT2D eigenvalue weighted by Crippen LogP contribution is -2.45. The van der Waals surface area contributed by atoms with E-state index in [2.05, 4.69) is 38.0 Å². The molecule has 7 nitrogen and oxygen atoms in total. The number of hydrogen-bond donors (Lipinski definition) is 2. The third-order valence-corrected chi connectivity index (χ3v) is 11.4. The Kier molecular flexibility index (Phi) is 8.22. The molecule has 42 heavy (non-hydrogen) atoms. The number of H-pyrrole nitrogens is 1. The van der Waals surface area contributed by atoms with E-state index in [4.69, 9.17) is 4.74 Å². The molecule has 0 radical (unpaired) electrons. The van der Waals surface area contributed by atoms with Crippen LogP contribution in [0.2, 0.25) is 18.6 Å². The van der Waals surface area contributed by atoms with Crippen LogP contribution in [0.15, 0.2) is 70.6 Å². The summed E-state index contributed by atoms with van der Waals surface area (Å²) in [6.45, 7) is 11.6. The van der Waals surface area contributed by atoms with Crippen LogP contribution in [0.25, 0.3) is 16.6 Å². The van der Waals surface area contributed by atoms with Crippen LogP contribution in [0.1, 0.15) is 52.5 Å². The number of hydrogen-bond acceptors (Lipinski definition) is 4. The molecule has 2 aliphatic rings. The van der Waals surface area contributed by atoms with Crippen LogP contribution in [-0.4, -0.2) is 48.5 Å². The first kappa shape index (κ1) is 30.2. The van der Waals surface area contributed by atoms with Crippen molar-refractivity contribution in [3.05, 3.63) is 81.7 Å². The highest BCUT2D eigenvalue weighted by atomic mass is 28.4. The van der Waals surface area contributed by atoms with E-state index in [1.807, 2.05) is 43.3 Å². The summed E-state index contributed by atoms with van der Waals surface area (Å²) in [4.78, 5) is 29.5. The van der Waals surface area contributed by atoms with Crippen LogP contribution >= 0.6 is 0 Å². The number of carbonyl (C=O) groups is 1. The SMILES string of the molecule is CC(C)=CCC/C(C)=C/CN1C(=O)[C@@]2(O[C@@H](CCO)[C@H]([Si](C)(C)F)[C@H]2C)c2cc(-n3[nH]c4ccccc4c3=O)ccc21. The molecule has 0 bridgehead atoms. The second-order valence-corrected chi connectivity index (χ2v) is 16.4. The molecule has 1 fully saturated rings. The number of anilines is 1. The Morgan fingerprint density at radius 2 is 1.88 bits per heavy atom. The van der Waals surface area contributed by atoms with E-state index < -0.39 is 31.6 Å². The molecule has 5 rings (SSSR count). The number of aliphatic hydroxyl groups is 1. The van der Waals surface area contributed by atoms with Gasteiger partial charge in [0.1, 0.15) is 0 Å². The summed E-state index contributed by atoms with van der Waals surface area (Å²) >= 11 is 0. The molecule has 2 N–H and O–H groups in total. The lowest BCUT2D eigenvalue weighted by molar-refractivity contribution is -0.146. The van der Waals surface area contributed by atoms with Crippen molar-refractivity contribution in [2.24, 2.45) is 5.92 Å². The van der Waals surface area contributed by atoms with Crippen LogP contribution in [0.4, 0.5) is 9.80 Å². The minimum atomic E-state index is -3.31. The molecule has 1 amide bonds. The number of aromatic amines is 1. The number of halogens is 1. The van der Waals surface area contributed by atoms with Crippen molar-refractivity contribution in [1.29, 1.82) is 0 Å². The highest BCUT2D eigenvalue weighted by Gasteiger charge is 2.66. The molecule has 224 valence electrons. The Balaban J connectivity index is 1.62. The van der Waals surface area contributed by atoms with Gasteiger partial charge in [-0.1, -0.05) is 42.4 Å². The second kappa shape index (κ2) is 11.4. The maximum absolute atomic E-state index is 15.9. The van der Waals surface area contributed by atoms with Gasteiger partial charge in [-0.3, -0.25) is 14.7 Å². The number of benzene rings is 2. The van der Waals surface area contributed by atoms with Crippen LogP contribution in [0.3, 0.4) is 0 Å². The van der Waals surface area contributed by atoms with Gasteiger partial charge in [0, 0.05) is 30.2 Å². The summed E-state index contributed by atoms with van der Waals surface area (Å²) in [5.74, 6) is -0.683. The molecule has 1 saturated heterocycles. The summed E-state index contributed by atoms with van der Waals surface area (Å²) in [5, 5.41) is 13.6. The third kappa shape index (κ3) is 5.12. The first-order valence-corrected chi connectivity index (χ1v) is 17.8. The third-order valence-electron chi connectivity index (χ3n) is 8.92. The lowest BCUT2D eigenvalue weighted by atomic mass is 9.82. The molecule has 3 heterocycles. The Labute approximate surface area is 247 Å². The molecule has 0 unspecified atom stereocenters. The van der Waals surface area contributed by atoms with Crippen LogP contribution in [0.5, 0.6) is 0 Å². The Bertz CT molecular complexity index is 1610. The molecule has 3 aromatic rings. The van der Waals surface area contributed by atoms with Gasteiger partial charge < -0.3 is 18.9 Å². The van der Waals surface area contributed by atoms with Gasteiger partial charge in [-0.25, -0.2) is 4.68 Å². The average molecular weight is 592 g/mol. The lowest BCUT2D eigenvalue weighted by Gasteiger charge is -2.31. The molecule has 2 aliphatic heterocycles. The van der Waals surface area contributed by atoms with E-state index in [0.29, 0.717) is 34.4 Å². The minimum Gasteiger partial charge on any atom is -0.396 e. The predicted octanol–water partition coefficient (Wildman–Crippen LogP) is 6.52. The van der Waals surface area contributed by atoms with Crippen LogP contribution in [-0.2, 0) is 15.1 Å². The molecule has 9 heteroatoms.